The maximum absolute atomic E-state index is 3.40. The van der Waals surface area contributed by atoms with Crippen LogP contribution in [-0.2, 0) is 0 Å². The van der Waals surface area contributed by atoms with Gasteiger partial charge >= 0.3 is 0 Å². The number of rotatable bonds is 3. The monoisotopic (exact) mass is 247 g/mol. The number of hydrogen-bond acceptors (Lipinski definition) is 1. The molecule has 3 aromatic carbocycles. The zero-order chi connectivity index (χ0) is 13.1. The van der Waals surface area contributed by atoms with Crippen LogP contribution < -0.4 is 5.32 Å². The molecule has 0 aliphatic rings. The van der Waals surface area contributed by atoms with Gasteiger partial charge in [0.15, 0.2) is 0 Å². The molecule has 0 amide bonds. The fourth-order valence-electron chi connectivity index (χ4n) is 2.56. The topological polar surface area (TPSA) is 12.0 Å². The molecular formula is C18H17N. The summed E-state index contributed by atoms with van der Waals surface area (Å²) in [5.74, 6) is 0. The van der Waals surface area contributed by atoms with Gasteiger partial charge in [-0.3, -0.25) is 0 Å². The van der Waals surface area contributed by atoms with Crippen molar-refractivity contribution in [3.05, 3.63) is 83.9 Å². The molecular weight excluding hydrogens is 230 g/mol. The lowest BCUT2D eigenvalue weighted by Crippen LogP contribution is -2.17. The molecule has 94 valence electrons. The molecule has 1 unspecified atom stereocenters. The van der Waals surface area contributed by atoms with Crippen LogP contribution >= 0.6 is 0 Å². The molecule has 0 heterocycles. The van der Waals surface area contributed by atoms with Crippen molar-refractivity contribution >= 4 is 10.8 Å². The molecule has 0 aromatic heterocycles. The Bertz CT molecular complexity index is 673. The lowest BCUT2D eigenvalue weighted by atomic mass is 9.96. The summed E-state index contributed by atoms with van der Waals surface area (Å²) < 4.78 is 0. The quantitative estimate of drug-likeness (QED) is 0.733. The van der Waals surface area contributed by atoms with Crippen molar-refractivity contribution in [2.45, 2.75) is 6.04 Å². The van der Waals surface area contributed by atoms with Gasteiger partial charge < -0.3 is 5.32 Å². The van der Waals surface area contributed by atoms with E-state index < -0.39 is 0 Å². The minimum atomic E-state index is 0.241. The van der Waals surface area contributed by atoms with Gasteiger partial charge in [0.05, 0.1) is 6.04 Å². The first-order chi connectivity index (χ1) is 9.38. The molecule has 1 nitrogen and oxygen atoms in total. The van der Waals surface area contributed by atoms with E-state index in [1.807, 2.05) is 7.05 Å². The minimum Gasteiger partial charge on any atom is -0.309 e. The van der Waals surface area contributed by atoms with Gasteiger partial charge in [0.1, 0.15) is 0 Å². The van der Waals surface area contributed by atoms with Crippen LogP contribution in [0.15, 0.2) is 72.8 Å². The molecule has 0 aliphatic heterocycles. The van der Waals surface area contributed by atoms with Gasteiger partial charge in [-0.15, -0.1) is 0 Å². The van der Waals surface area contributed by atoms with Gasteiger partial charge in [0.2, 0.25) is 0 Å². The van der Waals surface area contributed by atoms with Crippen LogP contribution in [0.1, 0.15) is 17.2 Å². The summed E-state index contributed by atoms with van der Waals surface area (Å²) >= 11 is 0. The predicted octanol–water partition coefficient (Wildman–Crippen LogP) is 4.15. The van der Waals surface area contributed by atoms with E-state index in [0.29, 0.717) is 0 Å². The summed E-state index contributed by atoms with van der Waals surface area (Å²) in [4.78, 5) is 0. The van der Waals surface area contributed by atoms with Gasteiger partial charge in [-0.25, -0.2) is 0 Å². The first kappa shape index (κ1) is 11.9. The Kier molecular flexibility index (Phi) is 3.30. The molecule has 3 rings (SSSR count). The van der Waals surface area contributed by atoms with Gasteiger partial charge in [0.25, 0.3) is 0 Å². The third kappa shape index (κ3) is 2.38. The van der Waals surface area contributed by atoms with E-state index in [0.717, 1.165) is 0 Å². The second-order valence-corrected chi connectivity index (χ2v) is 4.74. The van der Waals surface area contributed by atoms with Crippen molar-refractivity contribution in [1.29, 1.82) is 0 Å². The predicted molar refractivity (Wildman–Crippen MR) is 81.3 cm³/mol. The van der Waals surface area contributed by atoms with Crippen LogP contribution in [0.2, 0.25) is 0 Å². The molecule has 0 saturated heterocycles. The molecule has 1 heteroatoms. The Hall–Kier alpha value is -2.12. The fraction of sp³-hybridized carbons (Fsp3) is 0.111. The summed E-state index contributed by atoms with van der Waals surface area (Å²) in [7, 11) is 2.01. The van der Waals surface area contributed by atoms with Crippen molar-refractivity contribution in [2.24, 2.45) is 0 Å². The van der Waals surface area contributed by atoms with E-state index in [1.54, 1.807) is 0 Å². The van der Waals surface area contributed by atoms with E-state index in [-0.39, 0.29) is 6.04 Å². The zero-order valence-electron chi connectivity index (χ0n) is 11.0. The molecule has 3 aromatic rings. The fourth-order valence-corrected chi connectivity index (χ4v) is 2.56. The number of nitrogens with one attached hydrogen (secondary N) is 1. The van der Waals surface area contributed by atoms with Crippen LogP contribution in [0.3, 0.4) is 0 Å². The van der Waals surface area contributed by atoms with E-state index in [2.05, 4.69) is 78.1 Å². The summed E-state index contributed by atoms with van der Waals surface area (Å²) in [6.07, 6.45) is 0. The highest BCUT2D eigenvalue weighted by Gasteiger charge is 2.11. The maximum atomic E-state index is 3.40. The maximum Gasteiger partial charge on any atom is 0.0574 e. The van der Waals surface area contributed by atoms with Crippen molar-refractivity contribution < 1.29 is 0 Å². The van der Waals surface area contributed by atoms with Crippen LogP contribution in [0, 0.1) is 0 Å². The first-order valence-electron chi connectivity index (χ1n) is 6.59. The van der Waals surface area contributed by atoms with Crippen molar-refractivity contribution in [3.63, 3.8) is 0 Å². The summed E-state index contributed by atoms with van der Waals surface area (Å²) in [6.45, 7) is 0. The minimum absolute atomic E-state index is 0.241. The summed E-state index contributed by atoms with van der Waals surface area (Å²) in [6, 6.07) is 25.9. The molecule has 1 N–H and O–H groups in total. The summed E-state index contributed by atoms with van der Waals surface area (Å²) in [5, 5.41) is 5.97. The third-order valence-electron chi connectivity index (χ3n) is 3.53. The van der Waals surface area contributed by atoms with Gasteiger partial charge in [0, 0.05) is 0 Å². The molecule has 0 aliphatic carbocycles. The number of benzene rings is 3. The molecule has 0 spiro atoms. The normalized spacial score (nSPS) is 12.5. The van der Waals surface area contributed by atoms with Crippen LogP contribution in [0.4, 0.5) is 0 Å². The first-order valence-corrected chi connectivity index (χ1v) is 6.59. The Labute approximate surface area is 113 Å². The second kappa shape index (κ2) is 5.25. The lowest BCUT2D eigenvalue weighted by Gasteiger charge is -2.17. The van der Waals surface area contributed by atoms with E-state index >= 15 is 0 Å². The van der Waals surface area contributed by atoms with Crippen LogP contribution in [0.25, 0.3) is 10.8 Å². The van der Waals surface area contributed by atoms with Crippen LogP contribution in [0.5, 0.6) is 0 Å². The van der Waals surface area contributed by atoms with Gasteiger partial charge in [-0.05, 0) is 35.0 Å². The summed E-state index contributed by atoms with van der Waals surface area (Å²) in [5.41, 5.74) is 2.59. The second-order valence-electron chi connectivity index (χ2n) is 4.74. The van der Waals surface area contributed by atoms with E-state index in [9.17, 15) is 0 Å². The lowest BCUT2D eigenvalue weighted by molar-refractivity contribution is 0.693. The molecule has 0 bridgehead atoms. The third-order valence-corrected chi connectivity index (χ3v) is 3.53. The number of fused-ring (bicyclic) bond motifs is 1. The highest BCUT2D eigenvalue weighted by atomic mass is 14.9. The SMILES string of the molecule is CNC(c1ccccc1)c1ccc2ccccc2c1. The van der Waals surface area contributed by atoms with Crippen LogP contribution in [-0.4, -0.2) is 7.05 Å². The Balaban J connectivity index is 2.06. The van der Waals surface area contributed by atoms with E-state index in [4.69, 9.17) is 0 Å². The highest BCUT2D eigenvalue weighted by Crippen LogP contribution is 2.25. The number of hydrogen-bond donors (Lipinski definition) is 1. The average Bonchev–Trinajstić information content (AvgIpc) is 2.49. The van der Waals surface area contributed by atoms with Gasteiger partial charge in [-0.1, -0.05) is 66.7 Å². The standard InChI is InChI=1S/C18H17N/c1-19-18(15-8-3-2-4-9-15)17-12-11-14-7-5-6-10-16(14)13-17/h2-13,18-19H,1H3. The molecule has 1 atom stereocenters. The average molecular weight is 247 g/mol. The Morgan fingerprint density at radius 3 is 2.11 bits per heavy atom. The molecule has 0 radical (unpaired) electrons. The largest absolute Gasteiger partial charge is 0.309 e. The van der Waals surface area contributed by atoms with Crippen molar-refractivity contribution in [2.75, 3.05) is 7.05 Å². The Morgan fingerprint density at radius 1 is 0.684 bits per heavy atom. The molecule has 0 saturated carbocycles. The van der Waals surface area contributed by atoms with Crippen molar-refractivity contribution in [3.8, 4) is 0 Å². The highest BCUT2D eigenvalue weighted by molar-refractivity contribution is 5.83. The van der Waals surface area contributed by atoms with Crippen molar-refractivity contribution in [1.82, 2.24) is 5.32 Å². The van der Waals surface area contributed by atoms with E-state index in [1.165, 1.54) is 21.9 Å². The Morgan fingerprint density at radius 2 is 1.37 bits per heavy atom. The zero-order valence-corrected chi connectivity index (χ0v) is 11.0. The van der Waals surface area contributed by atoms with Gasteiger partial charge in [-0.2, -0.15) is 0 Å². The smallest absolute Gasteiger partial charge is 0.0574 e. The molecule has 0 fully saturated rings. The molecule has 19 heavy (non-hydrogen) atoms.